The fraction of sp³-hybridized carbons (Fsp3) is 0.500. The van der Waals surface area contributed by atoms with E-state index in [2.05, 4.69) is 5.32 Å². The van der Waals surface area contributed by atoms with Gasteiger partial charge in [-0.25, -0.2) is 0 Å². The van der Waals surface area contributed by atoms with E-state index >= 15 is 0 Å². The minimum Gasteiger partial charge on any atom is -0.480 e. The number of carbonyl (C=O) groups excluding carboxylic acids is 1. The summed E-state index contributed by atoms with van der Waals surface area (Å²) >= 11 is 0. The van der Waals surface area contributed by atoms with Gasteiger partial charge in [-0.05, 0) is 33.3 Å². The minimum atomic E-state index is -1.22. The molecule has 0 heterocycles. The second kappa shape index (κ2) is 6.72. The van der Waals surface area contributed by atoms with E-state index in [4.69, 9.17) is 4.74 Å². The average Bonchev–Trinajstić information content (AvgIpc) is 2.35. The zero-order chi connectivity index (χ0) is 16.1. The van der Waals surface area contributed by atoms with Gasteiger partial charge in [0.05, 0.1) is 6.54 Å². The number of rotatable bonds is 6. The number of hydrogen-bond acceptors (Lipinski definition) is 4. The first-order valence-electron chi connectivity index (χ1n) is 6.87. The number of carboxylic acid groups (broad SMARTS) is 1. The quantitative estimate of drug-likeness (QED) is 0.785. The summed E-state index contributed by atoms with van der Waals surface area (Å²) < 4.78 is 5.17. The number of benzene rings is 1. The second-order valence-corrected chi connectivity index (χ2v) is 6.24. The summed E-state index contributed by atoms with van der Waals surface area (Å²) in [6.45, 7) is 6.72. The predicted octanol–water partition coefficient (Wildman–Crippen LogP) is 2.00. The summed E-state index contributed by atoms with van der Waals surface area (Å²) in [6, 6.07) is 9.29. The highest BCUT2D eigenvalue weighted by Gasteiger charge is 2.34. The van der Waals surface area contributed by atoms with Gasteiger partial charge in [0.1, 0.15) is 11.1 Å². The molecule has 0 aliphatic carbocycles. The summed E-state index contributed by atoms with van der Waals surface area (Å²) in [6.07, 6.45) is 0.284. The number of aliphatic carboxylic acids is 1. The number of nitrogens with one attached hydrogen (secondary N) is 1. The van der Waals surface area contributed by atoms with Crippen molar-refractivity contribution in [3.8, 4) is 0 Å². The van der Waals surface area contributed by atoms with Crippen molar-refractivity contribution in [1.82, 2.24) is 5.32 Å². The largest absolute Gasteiger partial charge is 0.480 e. The Morgan fingerprint density at radius 2 is 1.71 bits per heavy atom. The van der Waals surface area contributed by atoms with Crippen molar-refractivity contribution in [3.63, 3.8) is 0 Å². The molecule has 116 valence electrons. The lowest BCUT2D eigenvalue weighted by atomic mass is 9.93. The van der Waals surface area contributed by atoms with Crippen LogP contribution in [-0.4, -0.2) is 34.7 Å². The number of ether oxygens (including phenoxy) is 1. The molecule has 21 heavy (non-hydrogen) atoms. The molecule has 0 aliphatic rings. The summed E-state index contributed by atoms with van der Waals surface area (Å²) in [5, 5.41) is 12.2. The lowest BCUT2D eigenvalue weighted by Gasteiger charge is -2.27. The molecule has 0 radical (unpaired) electrons. The molecule has 1 aromatic rings. The van der Waals surface area contributed by atoms with Crippen molar-refractivity contribution in [2.45, 2.75) is 45.3 Å². The summed E-state index contributed by atoms with van der Waals surface area (Å²) in [5.74, 6) is -1.47. The normalized spacial score (nSPS) is 14.3. The van der Waals surface area contributed by atoms with Gasteiger partial charge in [0.25, 0.3) is 0 Å². The van der Waals surface area contributed by atoms with Crippen molar-refractivity contribution >= 4 is 11.9 Å². The fourth-order valence-corrected chi connectivity index (χ4v) is 1.86. The van der Waals surface area contributed by atoms with E-state index in [1.54, 1.807) is 27.7 Å². The Bertz CT molecular complexity index is 493. The summed E-state index contributed by atoms with van der Waals surface area (Å²) in [7, 11) is 0. The molecule has 0 aromatic heterocycles. The van der Waals surface area contributed by atoms with E-state index in [1.807, 2.05) is 30.3 Å². The molecule has 1 rings (SSSR count). The first-order chi connectivity index (χ1) is 9.62. The van der Waals surface area contributed by atoms with Crippen LogP contribution in [0.2, 0.25) is 0 Å². The number of carboxylic acids is 1. The maximum absolute atomic E-state index is 11.7. The highest BCUT2D eigenvalue weighted by atomic mass is 16.6. The lowest BCUT2D eigenvalue weighted by Crippen LogP contribution is -2.53. The smallest absolute Gasteiger partial charge is 0.323 e. The van der Waals surface area contributed by atoms with Crippen molar-refractivity contribution < 1.29 is 19.4 Å². The van der Waals surface area contributed by atoms with Crippen LogP contribution in [0.4, 0.5) is 0 Å². The average molecular weight is 293 g/mol. The SMILES string of the molecule is CC(C)(C)OC(=O)CNC(C)(Cc1ccccc1)C(=O)O. The summed E-state index contributed by atoms with van der Waals surface area (Å²) in [5.41, 5.74) is -0.921. The molecule has 5 heteroatoms. The molecule has 1 atom stereocenters. The third kappa shape index (κ3) is 5.95. The highest BCUT2D eigenvalue weighted by molar-refractivity contribution is 5.80. The zero-order valence-corrected chi connectivity index (χ0v) is 13.0. The standard InChI is InChI=1S/C16H23NO4/c1-15(2,3)21-13(18)11-17-16(4,14(19)20)10-12-8-6-5-7-9-12/h5-9,17H,10-11H2,1-4H3,(H,19,20). The van der Waals surface area contributed by atoms with Crippen molar-refractivity contribution in [3.05, 3.63) is 35.9 Å². The van der Waals surface area contributed by atoms with Gasteiger partial charge < -0.3 is 9.84 Å². The van der Waals surface area contributed by atoms with Gasteiger partial charge in [-0.2, -0.15) is 0 Å². The topological polar surface area (TPSA) is 75.6 Å². The van der Waals surface area contributed by atoms with Crippen LogP contribution in [0.5, 0.6) is 0 Å². The maximum Gasteiger partial charge on any atom is 0.323 e. The van der Waals surface area contributed by atoms with Gasteiger partial charge in [0, 0.05) is 6.42 Å². The van der Waals surface area contributed by atoms with E-state index in [0.29, 0.717) is 0 Å². The van der Waals surface area contributed by atoms with E-state index in [-0.39, 0.29) is 13.0 Å². The number of carbonyl (C=O) groups is 2. The van der Waals surface area contributed by atoms with Gasteiger partial charge in [-0.15, -0.1) is 0 Å². The van der Waals surface area contributed by atoms with E-state index in [0.717, 1.165) is 5.56 Å². The molecule has 0 aliphatic heterocycles. The molecular weight excluding hydrogens is 270 g/mol. The lowest BCUT2D eigenvalue weighted by molar-refractivity contribution is -0.154. The third-order valence-electron chi connectivity index (χ3n) is 2.92. The Balaban J connectivity index is 2.69. The van der Waals surface area contributed by atoms with E-state index in [9.17, 15) is 14.7 Å². The molecule has 0 saturated heterocycles. The molecule has 0 saturated carbocycles. The van der Waals surface area contributed by atoms with Crippen LogP contribution >= 0.6 is 0 Å². The predicted molar refractivity (Wildman–Crippen MR) is 80.0 cm³/mol. The van der Waals surface area contributed by atoms with Crippen LogP contribution in [0, 0.1) is 0 Å². The molecule has 0 fully saturated rings. The highest BCUT2D eigenvalue weighted by Crippen LogP contribution is 2.14. The maximum atomic E-state index is 11.7. The van der Waals surface area contributed by atoms with E-state index < -0.39 is 23.1 Å². The third-order valence-corrected chi connectivity index (χ3v) is 2.92. The molecule has 5 nitrogen and oxygen atoms in total. The van der Waals surface area contributed by atoms with Crippen molar-refractivity contribution in [2.24, 2.45) is 0 Å². The Hall–Kier alpha value is -1.88. The molecule has 2 N–H and O–H groups in total. The molecule has 1 aromatic carbocycles. The molecule has 0 amide bonds. The van der Waals surface area contributed by atoms with Crippen LogP contribution in [0.3, 0.4) is 0 Å². The van der Waals surface area contributed by atoms with Crippen LogP contribution in [-0.2, 0) is 20.7 Å². The Morgan fingerprint density at radius 3 is 2.19 bits per heavy atom. The number of hydrogen-bond donors (Lipinski definition) is 2. The fourth-order valence-electron chi connectivity index (χ4n) is 1.86. The number of esters is 1. The Kier molecular flexibility index (Phi) is 5.49. The molecular formula is C16H23NO4. The van der Waals surface area contributed by atoms with Crippen LogP contribution < -0.4 is 5.32 Å². The van der Waals surface area contributed by atoms with Crippen LogP contribution in [0.25, 0.3) is 0 Å². The molecule has 1 unspecified atom stereocenters. The van der Waals surface area contributed by atoms with E-state index in [1.165, 1.54) is 0 Å². The first kappa shape index (κ1) is 17.2. The monoisotopic (exact) mass is 293 g/mol. The summed E-state index contributed by atoms with van der Waals surface area (Å²) in [4.78, 5) is 23.2. The van der Waals surface area contributed by atoms with Gasteiger partial charge in [-0.3, -0.25) is 14.9 Å². The van der Waals surface area contributed by atoms with Gasteiger partial charge >= 0.3 is 11.9 Å². The van der Waals surface area contributed by atoms with Crippen LogP contribution in [0.1, 0.15) is 33.3 Å². The van der Waals surface area contributed by atoms with Crippen molar-refractivity contribution in [1.29, 1.82) is 0 Å². The van der Waals surface area contributed by atoms with Crippen LogP contribution in [0.15, 0.2) is 30.3 Å². The van der Waals surface area contributed by atoms with Gasteiger partial charge in [-0.1, -0.05) is 30.3 Å². The Labute approximate surface area is 125 Å². The second-order valence-electron chi connectivity index (χ2n) is 6.24. The van der Waals surface area contributed by atoms with Gasteiger partial charge in [0.2, 0.25) is 0 Å². The zero-order valence-electron chi connectivity index (χ0n) is 13.0. The molecule has 0 bridgehead atoms. The Morgan fingerprint density at radius 1 is 1.14 bits per heavy atom. The van der Waals surface area contributed by atoms with Crippen molar-refractivity contribution in [2.75, 3.05) is 6.54 Å². The van der Waals surface area contributed by atoms with Gasteiger partial charge in [0.15, 0.2) is 0 Å². The molecule has 0 spiro atoms. The first-order valence-corrected chi connectivity index (χ1v) is 6.87. The minimum absolute atomic E-state index is 0.146.